The van der Waals surface area contributed by atoms with Crippen LogP contribution in [-0.2, 0) is 14.6 Å². The van der Waals surface area contributed by atoms with Gasteiger partial charge in [0, 0.05) is 11.7 Å². The van der Waals surface area contributed by atoms with Crippen molar-refractivity contribution in [2.45, 2.75) is 23.6 Å². The third kappa shape index (κ3) is 2.02. The quantitative estimate of drug-likeness (QED) is 0.841. The summed E-state index contributed by atoms with van der Waals surface area (Å²) in [5.41, 5.74) is 4.33. The van der Waals surface area contributed by atoms with Crippen molar-refractivity contribution in [3.05, 3.63) is 35.6 Å². The van der Waals surface area contributed by atoms with E-state index in [4.69, 9.17) is 10.8 Å². The van der Waals surface area contributed by atoms with E-state index in [9.17, 15) is 17.6 Å². The number of aliphatic carboxylic acids is 1. The molecule has 0 aromatic heterocycles. The van der Waals surface area contributed by atoms with E-state index in [1.54, 1.807) is 0 Å². The van der Waals surface area contributed by atoms with Gasteiger partial charge >= 0.3 is 5.97 Å². The molecule has 1 aliphatic carbocycles. The summed E-state index contributed by atoms with van der Waals surface area (Å²) in [6.07, 6.45) is 0. The molecule has 1 saturated carbocycles. The normalized spacial score (nSPS) is 30.1. The summed E-state index contributed by atoms with van der Waals surface area (Å²) in [4.78, 5) is 11.2. The number of hydrogen-bond acceptors (Lipinski definition) is 4. The highest BCUT2D eigenvalue weighted by atomic mass is 32.2. The van der Waals surface area contributed by atoms with E-state index in [1.807, 2.05) is 0 Å². The Hall–Kier alpha value is -1.47. The van der Waals surface area contributed by atoms with Gasteiger partial charge in [-0.25, -0.2) is 12.8 Å². The van der Waals surface area contributed by atoms with Crippen LogP contribution >= 0.6 is 0 Å². The molecule has 3 N–H and O–H groups in total. The summed E-state index contributed by atoms with van der Waals surface area (Å²) in [6, 6.07) is 5.06. The topological polar surface area (TPSA) is 97.5 Å². The fourth-order valence-corrected chi connectivity index (χ4v) is 4.35. The van der Waals surface area contributed by atoms with Crippen molar-refractivity contribution in [2.24, 2.45) is 5.73 Å². The van der Waals surface area contributed by atoms with Crippen LogP contribution in [0.2, 0.25) is 0 Å². The molecular formula is C12H14FNO4S. The van der Waals surface area contributed by atoms with Crippen LogP contribution in [0.3, 0.4) is 0 Å². The van der Waals surface area contributed by atoms with Crippen LogP contribution in [0, 0.1) is 5.82 Å². The number of benzene rings is 1. The first-order valence-electron chi connectivity index (χ1n) is 5.74. The van der Waals surface area contributed by atoms with Crippen LogP contribution in [0.5, 0.6) is 0 Å². The van der Waals surface area contributed by atoms with Gasteiger partial charge in [-0.2, -0.15) is 0 Å². The standard InChI is InChI=1S/C12H14FNO4S/c1-2-19(17,18)10-9(12(10,14)11(15)16)7-3-5-8(13)6-4-7/h3-6,9-10H,2,14H2,1H3,(H,15,16)/t9-,10+,12-/m0/s1. The van der Waals surface area contributed by atoms with Gasteiger partial charge in [-0.05, 0) is 17.7 Å². The molecule has 0 aliphatic heterocycles. The zero-order valence-corrected chi connectivity index (χ0v) is 11.0. The zero-order valence-electron chi connectivity index (χ0n) is 10.2. The van der Waals surface area contributed by atoms with Crippen LogP contribution in [0.25, 0.3) is 0 Å². The maximum absolute atomic E-state index is 12.9. The van der Waals surface area contributed by atoms with Crippen molar-refractivity contribution in [2.75, 3.05) is 5.75 Å². The minimum absolute atomic E-state index is 0.179. The lowest BCUT2D eigenvalue weighted by atomic mass is 10.1. The van der Waals surface area contributed by atoms with Gasteiger partial charge in [-0.15, -0.1) is 0 Å². The minimum atomic E-state index is -3.58. The molecule has 0 amide bonds. The SMILES string of the molecule is CCS(=O)(=O)[C@@H]1[C@H](c2ccc(F)cc2)[C@@]1(N)C(=O)O. The van der Waals surface area contributed by atoms with Crippen LogP contribution in [-0.4, -0.2) is 36.0 Å². The van der Waals surface area contributed by atoms with Crippen molar-refractivity contribution in [3.63, 3.8) is 0 Å². The van der Waals surface area contributed by atoms with Gasteiger partial charge in [-0.3, -0.25) is 4.79 Å². The molecule has 104 valence electrons. The van der Waals surface area contributed by atoms with Crippen molar-refractivity contribution >= 4 is 15.8 Å². The van der Waals surface area contributed by atoms with E-state index in [-0.39, 0.29) is 5.75 Å². The van der Waals surface area contributed by atoms with Crippen molar-refractivity contribution in [3.8, 4) is 0 Å². The third-order valence-corrected chi connectivity index (χ3v) is 5.81. The highest BCUT2D eigenvalue weighted by molar-refractivity contribution is 7.92. The smallest absolute Gasteiger partial charge is 0.325 e. The predicted octanol–water partition coefficient (Wildman–Crippen LogP) is 0.508. The van der Waals surface area contributed by atoms with Gasteiger partial charge < -0.3 is 10.8 Å². The van der Waals surface area contributed by atoms with Gasteiger partial charge in [0.25, 0.3) is 0 Å². The van der Waals surface area contributed by atoms with E-state index in [0.29, 0.717) is 5.56 Å². The molecule has 19 heavy (non-hydrogen) atoms. The molecule has 1 aromatic carbocycles. The number of nitrogens with two attached hydrogens (primary N) is 1. The Kier molecular flexibility index (Phi) is 3.14. The second kappa shape index (κ2) is 4.28. The molecule has 3 atom stereocenters. The van der Waals surface area contributed by atoms with Crippen LogP contribution < -0.4 is 5.73 Å². The molecule has 2 rings (SSSR count). The summed E-state index contributed by atoms with van der Waals surface area (Å²) in [7, 11) is -3.58. The van der Waals surface area contributed by atoms with Crippen LogP contribution in [0.1, 0.15) is 18.4 Å². The highest BCUT2D eigenvalue weighted by Gasteiger charge is 2.73. The molecule has 0 radical (unpaired) electrons. The lowest BCUT2D eigenvalue weighted by molar-refractivity contribution is -0.139. The minimum Gasteiger partial charge on any atom is -0.480 e. The van der Waals surface area contributed by atoms with Crippen molar-refractivity contribution < 1.29 is 22.7 Å². The molecular weight excluding hydrogens is 273 g/mol. The number of carbonyl (C=O) groups is 1. The first kappa shape index (κ1) is 14.0. The van der Waals surface area contributed by atoms with Crippen molar-refractivity contribution in [1.82, 2.24) is 0 Å². The molecule has 1 aromatic rings. The average Bonchev–Trinajstić information content (AvgIpc) is 2.99. The summed E-state index contributed by atoms with van der Waals surface area (Å²) >= 11 is 0. The van der Waals surface area contributed by atoms with E-state index in [0.717, 1.165) is 12.1 Å². The van der Waals surface area contributed by atoms with E-state index in [2.05, 4.69) is 0 Å². The molecule has 1 fully saturated rings. The molecule has 0 bridgehead atoms. The number of carboxylic acids is 1. The van der Waals surface area contributed by atoms with Gasteiger partial charge in [0.2, 0.25) is 0 Å². The highest BCUT2D eigenvalue weighted by Crippen LogP contribution is 2.54. The second-order valence-electron chi connectivity index (χ2n) is 4.64. The number of halogens is 1. The van der Waals surface area contributed by atoms with Gasteiger partial charge in [-0.1, -0.05) is 19.1 Å². The molecule has 0 heterocycles. The maximum atomic E-state index is 12.9. The number of hydrogen-bond donors (Lipinski definition) is 2. The Morgan fingerprint density at radius 2 is 1.95 bits per heavy atom. The van der Waals surface area contributed by atoms with Crippen LogP contribution in [0.15, 0.2) is 24.3 Å². The second-order valence-corrected chi connectivity index (χ2v) is 7.05. The Labute approximate surface area is 110 Å². The van der Waals surface area contributed by atoms with Gasteiger partial charge in [0.05, 0.1) is 5.25 Å². The van der Waals surface area contributed by atoms with Crippen molar-refractivity contribution in [1.29, 1.82) is 0 Å². The number of carboxylic acid groups (broad SMARTS) is 1. The maximum Gasteiger partial charge on any atom is 0.325 e. The summed E-state index contributed by atoms with van der Waals surface area (Å²) in [5.74, 6) is -2.85. The largest absolute Gasteiger partial charge is 0.480 e. The Morgan fingerprint density at radius 3 is 2.37 bits per heavy atom. The van der Waals surface area contributed by atoms with E-state index >= 15 is 0 Å². The third-order valence-electron chi connectivity index (χ3n) is 3.57. The van der Waals surface area contributed by atoms with E-state index < -0.39 is 38.3 Å². The van der Waals surface area contributed by atoms with Gasteiger partial charge in [0.1, 0.15) is 11.4 Å². The number of rotatable bonds is 4. The Balaban J connectivity index is 2.45. The lowest BCUT2D eigenvalue weighted by Crippen LogP contribution is -2.40. The molecule has 0 spiro atoms. The first-order chi connectivity index (χ1) is 8.75. The monoisotopic (exact) mass is 287 g/mol. The molecule has 7 heteroatoms. The zero-order chi connectivity index (χ0) is 14.4. The fraction of sp³-hybridized carbons (Fsp3) is 0.417. The molecule has 0 saturated heterocycles. The number of sulfone groups is 1. The summed E-state index contributed by atoms with van der Waals surface area (Å²) < 4.78 is 36.7. The van der Waals surface area contributed by atoms with Gasteiger partial charge in [0.15, 0.2) is 9.84 Å². The Morgan fingerprint density at radius 1 is 1.42 bits per heavy atom. The van der Waals surface area contributed by atoms with E-state index in [1.165, 1.54) is 19.1 Å². The average molecular weight is 287 g/mol. The lowest BCUT2D eigenvalue weighted by Gasteiger charge is -2.05. The predicted molar refractivity (Wildman–Crippen MR) is 66.9 cm³/mol. The summed E-state index contributed by atoms with van der Waals surface area (Å²) in [6.45, 7) is 1.44. The molecule has 5 nitrogen and oxygen atoms in total. The van der Waals surface area contributed by atoms with Crippen LogP contribution in [0.4, 0.5) is 4.39 Å². The first-order valence-corrected chi connectivity index (χ1v) is 7.46. The summed E-state index contributed by atoms with van der Waals surface area (Å²) in [5, 5.41) is 8.01. The molecule has 0 unspecified atom stereocenters. The fourth-order valence-electron chi connectivity index (χ4n) is 2.43. The Bertz CT molecular complexity index is 613. The molecule has 1 aliphatic rings.